The second-order valence-corrected chi connectivity index (χ2v) is 6.90. The minimum Gasteiger partial charge on any atom is -0.493 e. The number of methoxy groups -OCH3 is 1. The Hall–Kier alpha value is -2.68. The third-order valence-corrected chi connectivity index (χ3v) is 4.76. The largest absolute Gasteiger partial charge is 0.493 e. The molecule has 0 aliphatic heterocycles. The summed E-state index contributed by atoms with van der Waals surface area (Å²) in [4.78, 5) is 26.2. The van der Waals surface area contributed by atoms with Gasteiger partial charge in [0, 0.05) is 26.6 Å². The van der Waals surface area contributed by atoms with Crippen LogP contribution in [0.1, 0.15) is 28.1 Å². The Morgan fingerprint density at radius 2 is 2.04 bits per heavy atom. The van der Waals surface area contributed by atoms with Gasteiger partial charge in [-0.3, -0.25) is 9.59 Å². The van der Waals surface area contributed by atoms with Crippen LogP contribution in [0.4, 0.5) is 8.78 Å². The van der Waals surface area contributed by atoms with Gasteiger partial charge in [0.05, 0.1) is 12.0 Å². The minimum absolute atomic E-state index is 0.0586. The Morgan fingerprint density at radius 3 is 2.68 bits per heavy atom. The predicted molar refractivity (Wildman–Crippen MR) is 102 cm³/mol. The molecule has 1 aromatic carbocycles. The number of benzene rings is 1. The van der Waals surface area contributed by atoms with Crippen LogP contribution in [-0.4, -0.2) is 44.0 Å². The van der Waals surface area contributed by atoms with Gasteiger partial charge in [-0.25, -0.2) is 0 Å². The van der Waals surface area contributed by atoms with Crippen LogP contribution in [-0.2, 0) is 11.3 Å². The van der Waals surface area contributed by atoms with E-state index in [2.05, 4.69) is 10.1 Å². The molecule has 1 N–H and O–H groups in total. The Balaban J connectivity index is 1.79. The second kappa shape index (κ2) is 10.6. The van der Waals surface area contributed by atoms with E-state index in [4.69, 9.17) is 4.74 Å². The molecule has 2 rings (SSSR count). The molecule has 0 aliphatic rings. The van der Waals surface area contributed by atoms with E-state index in [0.29, 0.717) is 24.4 Å². The number of thiophene rings is 1. The molecule has 2 amide bonds. The number of ether oxygens (including phenoxy) is 2. The number of nitrogens with zero attached hydrogens (tertiary/aromatic N) is 1. The summed E-state index contributed by atoms with van der Waals surface area (Å²) in [7, 11) is 3.01. The Labute approximate surface area is 166 Å². The van der Waals surface area contributed by atoms with Crippen LogP contribution in [0.15, 0.2) is 35.7 Å². The van der Waals surface area contributed by atoms with Crippen molar-refractivity contribution in [2.75, 3.05) is 20.7 Å². The highest BCUT2D eigenvalue weighted by Gasteiger charge is 2.14. The third kappa shape index (κ3) is 6.49. The smallest absolute Gasteiger partial charge is 0.387 e. The molecule has 0 atom stereocenters. The number of alkyl halides is 2. The first kappa shape index (κ1) is 21.6. The van der Waals surface area contributed by atoms with Gasteiger partial charge in [0.2, 0.25) is 5.91 Å². The molecule has 152 valence electrons. The van der Waals surface area contributed by atoms with Crippen LogP contribution in [0.3, 0.4) is 0 Å². The van der Waals surface area contributed by atoms with Crippen molar-refractivity contribution in [2.45, 2.75) is 26.0 Å². The first-order valence-corrected chi connectivity index (χ1v) is 9.46. The molecule has 9 heteroatoms. The summed E-state index contributed by atoms with van der Waals surface area (Å²) in [6, 6.07) is 8.09. The molecule has 28 heavy (non-hydrogen) atoms. The number of rotatable bonds is 10. The number of amides is 2. The fraction of sp³-hybridized carbons (Fsp3) is 0.368. The van der Waals surface area contributed by atoms with Crippen LogP contribution >= 0.6 is 11.3 Å². The quantitative estimate of drug-likeness (QED) is 0.607. The molecule has 0 saturated carbocycles. The van der Waals surface area contributed by atoms with Gasteiger partial charge < -0.3 is 19.7 Å². The molecule has 0 unspecified atom stereocenters. The van der Waals surface area contributed by atoms with Gasteiger partial charge in [-0.2, -0.15) is 8.78 Å². The number of halogens is 2. The van der Waals surface area contributed by atoms with E-state index >= 15 is 0 Å². The fourth-order valence-electron chi connectivity index (χ4n) is 2.49. The number of carbonyl (C=O) groups excluding carboxylic acids is 2. The minimum atomic E-state index is -2.94. The SMILES string of the molecule is COc1cc(CN(C)C(=O)CCCNC(=O)c2cccs2)ccc1OC(F)F. The molecule has 0 aliphatic carbocycles. The Kier molecular flexibility index (Phi) is 8.19. The highest BCUT2D eigenvalue weighted by molar-refractivity contribution is 7.12. The van der Waals surface area contributed by atoms with E-state index in [1.165, 1.54) is 29.4 Å². The summed E-state index contributed by atoms with van der Waals surface area (Å²) >= 11 is 1.36. The first-order chi connectivity index (χ1) is 13.4. The maximum atomic E-state index is 12.4. The van der Waals surface area contributed by atoms with Gasteiger partial charge in [-0.05, 0) is 35.6 Å². The molecule has 0 bridgehead atoms. The maximum absolute atomic E-state index is 12.4. The lowest BCUT2D eigenvalue weighted by Gasteiger charge is -2.18. The van der Waals surface area contributed by atoms with Gasteiger partial charge in [0.15, 0.2) is 11.5 Å². The lowest BCUT2D eigenvalue weighted by molar-refractivity contribution is -0.130. The predicted octanol–water partition coefficient (Wildman–Crippen LogP) is 3.53. The summed E-state index contributed by atoms with van der Waals surface area (Å²) < 4.78 is 34.2. The molecule has 0 radical (unpaired) electrons. The van der Waals surface area contributed by atoms with Crippen molar-refractivity contribution in [1.29, 1.82) is 0 Å². The maximum Gasteiger partial charge on any atom is 0.387 e. The summed E-state index contributed by atoms with van der Waals surface area (Å²) in [5, 5.41) is 4.60. The molecule has 6 nitrogen and oxygen atoms in total. The monoisotopic (exact) mass is 412 g/mol. The van der Waals surface area contributed by atoms with E-state index in [1.807, 2.05) is 5.38 Å². The number of hydrogen-bond acceptors (Lipinski definition) is 5. The summed E-state index contributed by atoms with van der Waals surface area (Å²) in [6.07, 6.45) is 0.801. The van der Waals surface area contributed by atoms with Gasteiger partial charge in [-0.15, -0.1) is 11.3 Å². The van der Waals surface area contributed by atoms with Crippen molar-refractivity contribution in [3.05, 3.63) is 46.2 Å². The zero-order valence-corrected chi connectivity index (χ0v) is 16.4. The van der Waals surface area contributed by atoms with Gasteiger partial charge in [0.25, 0.3) is 5.91 Å². The van der Waals surface area contributed by atoms with Crippen LogP contribution in [0.25, 0.3) is 0 Å². The standard InChI is InChI=1S/C19H22F2N2O4S/c1-23(12-13-7-8-14(27-19(20)21)15(11-13)26-2)17(24)6-3-9-22-18(25)16-5-4-10-28-16/h4-5,7-8,10-11,19H,3,6,9,12H2,1-2H3,(H,22,25). The van der Waals surface area contributed by atoms with Crippen molar-refractivity contribution in [2.24, 2.45) is 0 Å². The van der Waals surface area contributed by atoms with Crippen LogP contribution < -0.4 is 14.8 Å². The highest BCUT2D eigenvalue weighted by Crippen LogP contribution is 2.29. The van der Waals surface area contributed by atoms with E-state index in [0.717, 1.165) is 5.56 Å². The first-order valence-electron chi connectivity index (χ1n) is 8.58. The molecule has 1 heterocycles. The zero-order valence-electron chi connectivity index (χ0n) is 15.6. The number of carbonyl (C=O) groups is 2. The van der Waals surface area contributed by atoms with E-state index in [9.17, 15) is 18.4 Å². The average Bonchev–Trinajstić information content (AvgIpc) is 3.20. The second-order valence-electron chi connectivity index (χ2n) is 5.95. The van der Waals surface area contributed by atoms with Crippen LogP contribution in [0.2, 0.25) is 0 Å². The lowest BCUT2D eigenvalue weighted by Crippen LogP contribution is -2.28. The molecule has 0 saturated heterocycles. The van der Waals surface area contributed by atoms with Crippen LogP contribution in [0, 0.1) is 0 Å². The van der Waals surface area contributed by atoms with Crippen molar-refractivity contribution >= 4 is 23.2 Å². The third-order valence-electron chi connectivity index (χ3n) is 3.89. The molecule has 2 aromatic rings. The number of hydrogen-bond donors (Lipinski definition) is 1. The summed E-state index contributed by atoms with van der Waals surface area (Å²) in [5.74, 6) is -0.113. The molecular weight excluding hydrogens is 390 g/mol. The number of nitrogens with one attached hydrogen (secondary N) is 1. The highest BCUT2D eigenvalue weighted by atomic mass is 32.1. The van der Waals surface area contributed by atoms with E-state index in [-0.39, 0.29) is 29.7 Å². The lowest BCUT2D eigenvalue weighted by atomic mass is 10.1. The Morgan fingerprint density at radius 1 is 1.25 bits per heavy atom. The van der Waals surface area contributed by atoms with Gasteiger partial charge in [0.1, 0.15) is 0 Å². The zero-order chi connectivity index (χ0) is 20.5. The topological polar surface area (TPSA) is 67.9 Å². The van der Waals surface area contributed by atoms with Gasteiger partial charge >= 0.3 is 6.61 Å². The average molecular weight is 412 g/mol. The van der Waals surface area contributed by atoms with Crippen molar-refractivity contribution < 1.29 is 27.8 Å². The summed E-state index contributed by atoms with van der Waals surface area (Å²) in [5.41, 5.74) is 0.723. The van der Waals surface area contributed by atoms with E-state index in [1.54, 1.807) is 31.3 Å². The molecule has 1 aromatic heterocycles. The molecule has 0 spiro atoms. The molecule has 0 fully saturated rings. The van der Waals surface area contributed by atoms with Crippen molar-refractivity contribution in [3.8, 4) is 11.5 Å². The van der Waals surface area contributed by atoms with Gasteiger partial charge in [-0.1, -0.05) is 12.1 Å². The fourth-order valence-corrected chi connectivity index (χ4v) is 3.13. The van der Waals surface area contributed by atoms with Crippen LogP contribution in [0.5, 0.6) is 11.5 Å². The van der Waals surface area contributed by atoms with E-state index < -0.39 is 6.61 Å². The molecular formula is C19H22F2N2O4S. The summed E-state index contributed by atoms with van der Waals surface area (Å²) in [6.45, 7) is -2.24. The van der Waals surface area contributed by atoms with Crippen molar-refractivity contribution in [3.63, 3.8) is 0 Å². The van der Waals surface area contributed by atoms with Crippen molar-refractivity contribution in [1.82, 2.24) is 10.2 Å². The normalized spacial score (nSPS) is 10.6. The Bertz CT molecular complexity index is 784.